The van der Waals surface area contributed by atoms with Crippen molar-refractivity contribution in [1.29, 1.82) is 0 Å². The number of esters is 2. The van der Waals surface area contributed by atoms with E-state index in [9.17, 15) is 14.4 Å². The minimum absolute atomic E-state index is 0.205. The molecule has 0 spiro atoms. The van der Waals surface area contributed by atoms with Crippen LogP contribution in [0.1, 0.15) is 38.3 Å². The van der Waals surface area contributed by atoms with Crippen molar-refractivity contribution >= 4 is 18.0 Å². The maximum Gasteiger partial charge on any atom is 0.338 e. The van der Waals surface area contributed by atoms with Gasteiger partial charge in [0.1, 0.15) is 5.75 Å². The van der Waals surface area contributed by atoms with Gasteiger partial charge in [-0.1, -0.05) is 18.2 Å². The number of benzene rings is 1. The molecule has 3 rings (SSSR count). The number of ether oxygens (including phenoxy) is 3. The van der Waals surface area contributed by atoms with E-state index < -0.39 is 18.0 Å². The second kappa shape index (κ2) is 11.0. The number of nitrogens with zero attached hydrogens (tertiary/aromatic N) is 1. The van der Waals surface area contributed by atoms with Gasteiger partial charge in [-0.3, -0.25) is 9.69 Å². The Kier molecular flexibility index (Phi) is 8.10. The first-order valence-corrected chi connectivity index (χ1v) is 11.0. The summed E-state index contributed by atoms with van der Waals surface area (Å²) in [6, 6.07) is 6.10. The molecular formula is C23H31N3O6. The fraction of sp³-hybridized carbons (Fsp3) is 0.522. The molecule has 1 aromatic rings. The van der Waals surface area contributed by atoms with E-state index in [0.717, 1.165) is 19.4 Å². The molecule has 9 nitrogen and oxygen atoms in total. The van der Waals surface area contributed by atoms with Gasteiger partial charge in [0, 0.05) is 24.4 Å². The van der Waals surface area contributed by atoms with Gasteiger partial charge in [0.05, 0.1) is 37.9 Å². The highest BCUT2D eigenvalue weighted by Crippen LogP contribution is 2.34. The molecule has 1 aromatic carbocycles. The molecule has 9 heteroatoms. The Balaban J connectivity index is 1.94. The van der Waals surface area contributed by atoms with Crippen LogP contribution in [-0.4, -0.2) is 62.8 Å². The molecule has 1 fully saturated rings. The van der Waals surface area contributed by atoms with E-state index in [2.05, 4.69) is 15.5 Å². The molecule has 2 aliphatic heterocycles. The highest BCUT2D eigenvalue weighted by Gasteiger charge is 2.36. The largest absolute Gasteiger partial charge is 0.496 e. The van der Waals surface area contributed by atoms with Crippen molar-refractivity contribution < 1.29 is 28.6 Å². The quantitative estimate of drug-likeness (QED) is 0.591. The Labute approximate surface area is 188 Å². The lowest BCUT2D eigenvalue weighted by molar-refractivity contribution is -0.150. The Morgan fingerprint density at radius 3 is 2.62 bits per heavy atom. The molecule has 174 valence electrons. The van der Waals surface area contributed by atoms with Gasteiger partial charge >= 0.3 is 18.0 Å². The first kappa shape index (κ1) is 23.6. The first-order valence-electron chi connectivity index (χ1n) is 11.0. The van der Waals surface area contributed by atoms with Gasteiger partial charge in [-0.2, -0.15) is 0 Å². The predicted octanol–water partition coefficient (Wildman–Crippen LogP) is 2.14. The lowest BCUT2D eigenvalue weighted by atomic mass is 9.93. The number of urea groups is 1. The third-order valence-corrected chi connectivity index (χ3v) is 5.61. The van der Waals surface area contributed by atoms with Crippen LogP contribution in [0.5, 0.6) is 5.75 Å². The van der Waals surface area contributed by atoms with Crippen molar-refractivity contribution in [1.82, 2.24) is 15.5 Å². The van der Waals surface area contributed by atoms with Gasteiger partial charge in [0.2, 0.25) is 0 Å². The second-order valence-corrected chi connectivity index (χ2v) is 7.71. The third kappa shape index (κ3) is 5.40. The van der Waals surface area contributed by atoms with Crippen molar-refractivity contribution in [3.05, 3.63) is 41.1 Å². The van der Waals surface area contributed by atoms with Crippen LogP contribution < -0.4 is 15.4 Å². The van der Waals surface area contributed by atoms with Crippen LogP contribution in [0.3, 0.4) is 0 Å². The zero-order chi connectivity index (χ0) is 23.1. The lowest BCUT2D eigenvalue weighted by Gasteiger charge is -2.35. The molecule has 0 bridgehead atoms. The van der Waals surface area contributed by atoms with E-state index in [0.29, 0.717) is 42.3 Å². The Hall–Kier alpha value is -3.07. The number of para-hydroxylation sites is 1. The molecule has 2 amide bonds. The molecule has 0 aromatic heterocycles. The summed E-state index contributed by atoms with van der Waals surface area (Å²) < 4.78 is 16.0. The van der Waals surface area contributed by atoms with Crippen molar-refractivity contribution in [2.24, 2.45) is 5.92 Å². The molecule has 0 aliphatic carbocycles. The molecular weight excluding hydrogens is 414 g/mol. The van der Waals surface area contributed by atoms with Crippen molar-refractivity contribution in [3.8, 4) is 5.75 Å². The fourth-order valence-electron chi connectivity index (χ4n) is 4.21. The number of hydrogen-bond acceptors (Lipinski definition) is 7. The number of hydrogen-bond donors (Lipinski definition) is 2. The highest BCUT2D eigenvalue weighted by atomic mass is 16.5. The summed E-state index contributed by atoms with van der Waals surface area (Å²) in [5.41, 5.74) is 1.45. The Morgan fingerprint density at radius 1 is 1.16 bits per heavy atom. The zero-order valence-corrected chi connectivity index (χ0v) is 18.8. The molecule has 0 unspecified atom stereocenters. The molecule has 2 N–H and O–H groups in total. The zero-order valence-electron chi connectivity index (χ0n) is 18.8. The van der Waals surface area contributed by atoms with E-state index >= 15 is 0 Å². The number of amides is 2. The minimum atomic E-state index is -0.723. The van der Waals surface area contributed by atoms with Crippen LogP contribution in [0.4, 0.5) is 4.79 Å². The topological polar surface area (TPSA) is 106 Å². The monoisotopic (exact) mass is 445 g/mol. The molecule has 2 heterocycles. The number of methoxy groups -OCH3 is 1. The van der Waals surface area contributed by atoms with Crippen molar-refractivity contribution in [2.45, 2.75) is 32.7 Å². The number of carbonyl (C=O) groups is 3. The van der Waals surface area contributed by atoms with Gasteiger partial charge in [-0.15, -0.1) is 0 Å². The van der Waals surface area contributed by atoms with Crippen molar-refractivity contribution in [2.75, 3.05) is 40.0 Å². The van der Waals surface area contributed by atoms with Gasteiger partial charge in [0.25, 0.3) is 0 Å². The standard InChI is InChI=1S/C23H31N3O6/c1-4-31-21(27)15-9-8-12-26(13-15)14-17-19(22(28)32-5-2)20(25-23(29)24-17)16-10-6-7-11-18(16)30-3/h6-7,10-11,15,20H,4-5,8-9,12-14H2,1-3H3,(H2,24,25,29)/t15-,20+/m1/s1. The average Bonchev–Trinajstić information content (AvgIpc) is 2.79. The van der Waals surface area contributed by atoms with E-state index in [1.165, 1.54) is 0 Å². The van der Waals surface area contributed by atoms with Crippen LogP contribution in [0, 0.1) is 5.92 Å². The Bertz CT molecular complexity index is 884. The maximum absolute atomic E-state index is 13.0. The summed E-state index contributed by atoms with van der Waals surface area (Å²) in [6.07, 6.45) is 1.59. The average molecular weight is 446 g/mol. The Morgan fingerprint density at radius 2 is 1.91 bits per heavy atom. The van der Waals surface area contributed by atoms with Crippen LogP contribution in [0.2, 0.25) is 0 Å². The summed E-state index contributed by atoms with van der Waals surface area (Å²) >= 11 is 0. The molecule has 0 radical (unpaired) electrons. The number of piperidine rings is 1. The number of likely N-dealkylation sites (tertiary alicyclic amines) is 1. The van der Waals surface area contributed by atoms with Crippen LogP contribution in [-0.2, 0) is 19.1 Å². The molecule has 1 saturated heterocycles. The molecule has 2 aliphatic rings. The summed E-state index contributed by atoms with van der Waals surface area (Å²) in [4.78, 5) is 39.8. The van der Waals surface area contributed by atoms with Gasteiger partial charge < -0.3 is 24.8 Å². The van der Waals surface area contributed by atoms with E-state index in [-0.39, 0.29) is 18.5 Å². The van der Waals surface area contributed by atoms with Crippen molar-refractivity contribution in [3.63, 3.8) is 0 Å². The SMILES string of the molecule is CCOC(=O)C1=C(CN2CCC[C@@H](C(=O)OCC)C2)NC(=O)N[C@H]1c1ccccc1OC. The van der Waals surface area contributed by atoms with Crippen LogP contribution in [0.15, 0.2) is 35.5 Å². The third-order valence-electron chi connectivity index (χ3n) is 5.61. The van der Waals surface area contributed by atoms with E-state index in [1.807, 2.05) is 18.2 Å². The normalized spacial score (nSPS) is 21.4. The van der Waals surface area contributed by atoms with E-state index in [4.69, 9.17) is 14.2 Å². The molecule has 32 heavy (non-hydrogen) atoms. The first-order chi connectivity index (χ1) is 15.5. The molecule has 0 saturated carbocycles. The predicted molar refractivity (Wildman–Crippen MR) is 117 cm³/mol. The minimum Gasteiger partial charge on any atom is -0.496 e. The second-order valence-electron chi connectivity index (χ2n) is 7.71. The number of rotatable bonds is 8. The van der Waals surface area contributed by atoms with Crippen LogP contribution >= 0.6 is 0 Å². The summed E-state index contributed by atoms with van der Waals surface area (Å²) in [6.45, 7) is 5.63. The van der Waals surface area contributed by atoms with Gasteiger partial charge in [-0.25, -0.2) is 9.59 Å². The van der Waals surface area contributed by atoms with Gasteiger partial charge in [-0.05, 0) is 39.3 Å². The highest BCUT2D eigenvalue weighted by molar-refractivity contribution is 5.95. The van der Waals surface area contributed by atoms with E-state index in [1.54, 1.807) is 27.0 Å². The summed E-state index contributed by atoms with van der Waals surface area (Å²) in [7, 11) is 1.54. The van der Waals surface area contributed by atoms with Crippen LogP contribution in [0.25, 0.3) is 0 Å². The molecule has 2 atom stereocenters. The summed E-state index contributed by atoms with van der Waals surface area (Å²) in [5.74, 6) is -0.387. The fourth-order valence-corrected chi connectivity index (χ4v) is 4.21. The van der Waals surface area contributed by atoms with Gasteiger partial charge in [0.15, 0.2) is 0 Å². The summed E-state index contributed by atoms with van der Waals surface area (Å²) in [5, 5.41) is 5.62. The number of nitrogens with one attached hydrogen (secondary N) is 2. The smallest absolute Gasteiger partial charge is 0.338 e. The number of carbonyl (C=O) groups excluding carboxylic acids is 3. The lowest BCUT2D eigenvalue weighted by Crippen LogP contribution is -2.50. The maximum atomic E-state index is 13.0.